The van der Waals surface area contributed by atoms with Crippen molar-refractivity contribution < 1.29 is 9.90 Å². The lowest BCUT2D eigenvalue weighted by Gasteiger charge is -2.46. The topological polar surface area (TPSA) is 40.5 Å². The van der Waals surface area contributed by atoms with Gasteiger partial charge in [-0.3, -0.25) is 9.69 Å². The first-order valence-electron chi connectivity index (χ1n) is 6.98. The first-order valence-corrected chi connectivity index (χ1v) is 6.98. The number of hydrogen-bond donors (Lipinski definition) is 1. The monoisotopic (exact) mass is 241 g/mol. The Kier molecular flexibility index (Phi) is 4.99. The van der Waals surface area contributed by atoms with Crippen molar-refractivity contribution >= 4 is 5.97 Å². The summed E-state index contributed by atoms with van der Waals surface area (Å²) >= 11 is 0. The zero-order valence-corrected chi connectivity index (χ0v) is 11.7. The van der Waals surface area contributed by atoms with Crippen molar-refractivity contribution in [1.82, 2.24) is 4.90 Å². The van der Waals surface area contributed by atoms with Gasteiger partial charge in [-0.25, -0.2) is 0 Å². The molecule has 0 bridgehead atoms. The van der Waals surface area contributed by atoms with Gasteiger partial charge in [0, 0.05) is 6.04 Å². The highest BCUT2D eigenvalue weighted by molar-refractivity contribution is 5.79. The van der Waals surface area contributed by atoms with Crippen LogP contribution in [0.15, 0.2) is 0 Å². The summed E-state index contributed by atoms with van der Waals surface area (Å²) in [6.45, 7) is 9.29. The van der Waals surface area contributed by atoms with E-state index < -0.39 is 11.5 Å². The van der Waals surface area contributed by atoms with Gasteiger partial charge in [0.25, 0.3) is 0 Å². The Morgan fingerprint density at radius 2 is 1.88 bits per heavy atom. The number of rotatable bonds is 5. The summed E-state index contributed by atoms with van der Waals surface area (Å²) < 4.78 is 0. The molecule has 1 aliphatic rings. The van der Waals surface area contributed by atoms with Crippen LogP contribution in [0.25, 0.3) is 0 Å². The summed E-state index contributed by atoms with van der Waals surface area (Å²) in [5, 5.41) is 9.66. The number of nitrogens with zero attached hydrogens (tertiary/aromatic N) is 1. The minimum Gasteiger partial charge on any atom is -0.480 e. The fourth-order valence-electron chi connectivity index (χ4n) is 3.35. The van der Waals surface area contributed by atoms with Crippen LogP contribution in [0.5, 0.6) is 0 Å². The van der Waals surface area contributed by atoms with E-state index in [9.17, 15) is 9.90 Å². The smallest absolute Gasteiger partial charge is 0.324 e. The maximum atomic E-state index is 11.7. The van der Waals surface area contributed by atoms with Crippen LogP contribution < -0.4 is 0 Å². The fraction of sp³-hybridized carbons (Fsp3) is 0.929. The minimum atomic E-state index is -0.623. The lowest BCUT2D eigenvalue weighted by atomic mass is 9.74. The molecule has 1 rings (SSSR count). The largest absolute Gasteiger partial charge is 0.480 e. The second-order valence-corrected chi connectivity index (χ2v) is 5.57. The van der Waals surface area contributed by atoms with E-state index in [0.29, 0.717) is 6.04 Å². The van der Waals surface area contributed by atoms with E-state index in [1.54, 1.807) is 0 Å². The third kappa shape index (κ3) is 2.82. The fourth-order valence-corrected chi connectivity index (χ4v) is 3.35. The summed E-state index contributed by atoms with van der Waals surface area (Å²) in [5.74, 6) is 0.107. The Morgan fingerprint density at radius 3 is 2.18 bits per heavy atom. The van der Waals surface area contributed by atoms with Crippen LogP contribution in [-0.2, 0) is 4.79 Å². The summed E-state index contributed by atoms with van der Waals surface area (Å²) in [6, 6.07) is 0.300. The van der Waals surface area contributed by atoms with E-state index in [-0.39, 0.29) is 0 Å². The van der Waals surface area contributed by atoms with Gasteiger partial charge in [-0.1, -0.05) is 20.3 Å². The van der Waals surface area contributed by atoms with E-state index in [2.05, 4.69) is 32.6 Å². The van der Waals surface area contributed by atoms with Gasteiger partial charge in [0.2, 0.25) is 0 Å². The lowest BCUT2D eigenvalue weighted by Crippen LogP contribution is -2.58. The van der Waals surface area contributed by atoms with Gasteiger partial charge in [0.1, 0.15) is 5.54 Å². The van der Waals surface area contributed by atoms with Crippen LogP contribution in [0, 0.1) is 5.92 Å². The maximum absolute atomic E-state index is 11.7. The van der Waals surface area contributed by atoms with E-state index in [1.165, 1.54) is 6.42 Å². The standard InChI is InChI=1S/C14H27NO2/c1-5-12-7-9-14(10-8-12,13(16)17)15(6-2)11(3)4/h11-12H,5-10H2,1-4H3,(H,16,17). The Labute approximate surface area is 105 Å². The highest BCUT2D eigenvalue weighted by Crippen LogP contribution is 2.38. The van der Waals surface area contributed by atoms with Crippen LogP contribution in [0.3, 0.4) is 0 Å². The molecule has 0 unspecified atom stereocenters. The van der Waals surface area contributed by atoms with Crippen molar-refractivity contribution in [3.63, 3.8) is 0 Å². The molecule has 0 amide bonds. The molecule has 3 heteroatoms. The second-order valence-electron chi connectivity index (χ2n) is 5.57. The van der Waals surface area contributed by atoms with Crippen molar-refractivity contribution in [1.29, 1.82) is 0 Å². The number of hydrogen-bond acceptors (Lipinski definition) is 2. The van der Waals surface area contributed by atoms with E-state index >= 15 is 0 Å². The Hall–Kier alpha value is -0.570. The molecule has 0 aromatic carbocycles. The Morgan fingerprint density at radius 1 is 1.35 bits per heavy atom. The first kappa shape index (κ1) is 14.5. The van der Waals surface area contributed by atoms with Crippen molar-refractivity contribution in [3.8, 4) is 0 Å². The summed E-state index contributed by atoms with van der Waals surface area (Å²) in [5.41, 5.74) is -0.603. The Balaban J connectivity index is 2.88. The highest BCUT2D eigenvalue weighted by Gasteiger charge is 2.46. The second kappa shape index (κ2) is 5.85. The van der Waals surface area contributed by atoms with Gasteiger partial charge in [0.15, 0.2) is 0 Å². The molecule has 1 fully saturated rings. The number of carboxylic acid groups (broad SMARTS) is 1. The molecule has 1 aliphatic carbocycles. The van der Waals surface area contributed by atoms with Crippen LogP contribution in [0.4, 0.5) is 0 Å². The molecule has 17 heavy (non-hydrogen) atoms. The molecule has 0 atom stereocenters. The quantitative estimate of drug-likeness (QED) is 0.804. The van der Waals surface area contributed by atoms with Crippen LogP contribution in [0.1, 0.15) is 59.8 Å². The van der Waals surface area contributed by atoms with E-state index in [4.69, 9.17) is 0 Å². The van der Waals surface area contributed by atoms with E-state index in [1.807, 2.05) is 0 Å². The van der Waals surface area contributed by atoms with Crippen LogP contribution >= 0.6 is 0 Å². The summed E-state index contributed by atoms with van der Waals surface area (Å²) in [7, 11) is 0. The molecule has 0 saturated heterocycles. The number of likely N-dealkylation sites (N-methyl/N-ethyl adjacent to an activating group) is 1. The molecule has 0 aliphatic heterocycles. The molecule has 1 saturated carbocycles. The van der Waals surface area contributed by atoms with Crippen molar-refractivity contribution in [2.45, 2.75) is 71.4 Å². The first-order chi connectivity index (χ1) is 7.97. The molecule has 0 radical (unpaired) electrons. The third-order valence-corrected chi connectivity index (χ3v) is 4.42. The lowest BCUT2D eigenvalue weighted by molar-refractivity contribution is -0.156. The number of carboxylic acids is 1. The SMILES string of the molecule is CCC1CCC(C(=O)O)(N(CC)C(C)C)CC1. The number of carbonyl (C=O) groups is 1. The van der Waals surface area contributed by atoms with Gasteiger partial charge in [-0.05, 0) is 52.0 Å². The molecule has 0 aromatic heterocycles. The molecule has 0 aromatic rings. The molecule has 0 spiro atoms. The summed E-state index contributed by atoms with van der Waals surface area (Å²) in [4.78, 5) is 13.9. The van der Waals surface area contributed by atoms with E-state index in [0.717, 1.165) is 38.1 Å². The van der Waals surface area contributed by atoms with Gasteiger partial charge in [0.05, 0.1) is 0 Å². The Bertz CT molecular complexity index is 255. The molecule has 1 N–H and O–H groups in total. The number of aliphatic carboxylic acids is 1. The van der Waals surface area contributed by atoms with Gasteiger partial charge in [-0.2, -0.15) is 0 Å². The molecular weight excluding hydrogens is 214 g/mol. The third-order valence-electron chi connectivity index (χ3n) is 4.42. The molecule has 0 heterocycles. The predicted molar refractivity (Wildman–Crippen MR) is 70.1 cm³/mol. The summed E-state index contributed by atoms with van der Waals surface area (Å²) in [6.07, 6.45) is 4.93. The van der Waals surface area contributed by atoms with Crippen molar-refractivity contribution in [2.75, 3.05) is 6.54 Å². The van der Waals surface area contributed by atoms with Gasteiger partial charge in [-0.15, -0.1) is 0 Å². The van der Waals surface area contributed by atoms with Crippen LogP contribution in [0.2, 0.25) is 0 Å². The van der Waals surface area contributed by atoms with Crippen molar-refractivity contribution in [3.05, 3.63) is 0 Å². The predicted octanol–water partition coefficient (Wildman–Crippen LogP) is 3.14. The minimum absolute atomic E-state index is 0.300. The average Bonchev–Trinajstić information content (AvgIpc) is 2.30. The molecule has 100 valence electrons. The van der Waals surface area contributed by atoms with Crippen molar-refractivity contribution in [2.24, 2.45) is 5.92 Å². The van der Waals surface area contributed by atoms with Gasteiger partial charge >= 0.3 is 5.97 Å². The zero-order valence-electron chi connectivity index (χ0n) is 11.7. The van der Waals surface area contributed by atoms with Gasteiger partial charge < -0.3 is 5.11 Å². The average molecular weight is 241 g/mol. The normalized spacial score (nSPS) is 29.9. The molecule has 3 nitrogen and oxygen atoms in total. The zero-order chi connectivity index (χ0) is 13.1. The molecular formula is C14H27NO2. The van der Waals surface area contributed by atoms with Crippen LogP contribution in [-0.4, -0.2) is 34.1 Å². The maximum Gasteiger partial charge on any atom is 0.324 e. The highest BCUT2D eigenvalue weighted by atomic mass is 16.4.